The Morgan fingerprint density at radius 2 is 1.30 bits per heavy atom. The molecule has 230 valence electrons. The van der Waals surface area contributed by atoms with Gasteiger partial charge in [0.05, 0.1) is 44.2 Å². The first-order valence-corrected chi connectivity index (χ1v) is 16.7. The fraction of sp³-hybridized carbons (Fsp3) is 0.345. The van der Waals surface area contributed by atoms with Crippen molar-refractivity contribution in [1.82, 2.24) is 0 Å². The van der Waals surface area contributed by atoms with Gasteiger partial charge in [0.15, 0.2) is 11.2 Å². The van der Waals surface area contributed by atoms with Gasteiger partial charge >= 0.3 is 21.4 Å². The summed E-state index contributed by atoms with van der Waals surface area (Å²) >= 11 is 0. The predicted octanol–water partition coefficient (Wildman–Crippen LogP) is 8.42. The zero-order valence-electron chi connectivity index (χ0n) is 22.8. The van der Waals surface area contributed by atoms with Crippen molar-refractivity contribution in [3.63, 3.8) is 0 Å². The van der Waals surface area contributed by atoms with Crippen molar-refractivity contribution in [1.29, 1.82) is 0 Å². The van der Waals surface area contributed by atoms with Gasteiger partial charge in [-0.1, -0.05) is 30.3 Å². The molecule has 0 amide bonds. The molecule has 0 N–H and O–H groups in total. The van der Waals surface area contributed by atoms with Crippen LogP contribution in [0.3, 0.4) is 0 Å². The van der Waals surface area contributed by atoms with Gasteiger partial charge in [-0.05, 0) is 65.9 Å². The third kappa shape index (κ3) is 7.28. The van der Waals surface area contributed by atoms with Crippen LogP contribution in [0.25, 0.3) is 11.1 Å². The van der Waals surface area contributed by atoms with Gasteiger partial charge in [0.2, 0.25) is 0 Å². The molecule has 3 aromatic carbocycles. The number of hydrogen-bond acceptors (Lipinski definition) is 8. The summed E-state index contributed by atoms with van der Waals surface area (Å²) in [5.41, 5.74) is 0.299. The lowest BCUT2D eigenvalue weighted by molar-refractivity contribution is -0.137. The van der Waals surface area contributed by atoms with Crippen molar-refractivity contribution in [3.05, 3.63) is 89.2 Å². The topological polar surface area (TPSA) is 97.4 Å². The number of alkyl halides is 3. The molecule has 8 nitrogen and oxygen atoms in total. The van der Waals surface area contributed by atoms with Gasteiger partial charge in [-0.15, -0.1) is 0 Å². The van der Waals surface area contributed by atoms with E-state index in [9.17, 15) is 27.1 Å². The largest absolute Gasteiger partial charge is 0.493 e. The zero-order valence-corrected chi connectivity index (χ0v) is 24.5. The Labute approximate surface area is 245 Å². The van der Waals surface area contributed by atoms with Crippen LogP contribution in [0, 0.1) is 5.82 Å². The van der Waals surface area contributed by atoms with Gasteiger partial charge in [0.1, 0.15) is 11.6 Å². The first-order valence-electron chi connectivity index (χ1n) is 13.5. The minimum absolute atomic E-state index is 0.00824. The third-order valence-corrected chi connectivity index (χ3v) is 12.5. The van der Waals surface area contributed by atoms with Crippen LogP contribution in [-0.2, 0) is 33.4 Å². The summed E-state index contributed by atoms with van der Waals surface area (Å²) < 4.78 is 108. The van der Waals surface area contributed by atoms with E-state index in [0.717, 1.165) is 18.2 Å². The molecule has 0 bridgehead atoms. The highest BCUT2D eigenvalue weighted by Gasteiger charge is 2.54. The molecule has 0 spiro atoms. The third-order valence-electron chi connectivity index (χ3n) is 6.85. The lowest BCUT2D eigenvalue weighted by atomic mass is 10.0. The number of Topliss-reactive ketones (excluding diaryl/α,β-unsaturated/α-hetero) is 1. The molecule has 2 aliphatic rings. The second kappa shape index (κ2) is 13.0. The van der Waals surface area contributed by atoms with E-state index in [0.29, 0.717) is 29.7 Å². The summed E-state index contributed by atoms with van der Waals surface area (Å²) in [6.45, 7) is 0.334. The number of carbonyl (C=O) groups is 1. The predicted molar refractivity (Wildman–Crippen MR) is 149 cm³/mol. The minimum atomic E-state index is -4.42. The van der Waals surface area contributed by atoms with Gasteiger partial charge in [-0.25, -0.2) is 4.39 Å². The van der Waals surface area contributed by atoms with E-state index in [-0.39, 0.29) is 50.6 Å². The Morgan fingerprint density at radius 1 is 0.791 bits per heavy atom. The number of benzene rings is 3. The number of halogens is 4. The molecule has 0 aliphatic carbocycles. The lowest BCUT2D eigenvalue weighted by Gasteiger charge is -2.35. The van der Waals surface area contributed by atoms with Gasteiger partial charge in [-0.3, -0.25) is 13.9 Å². The van der Waals surface area contributed by atoms with E-state index < -0.39 is 43.9 Å². The fourth-order valence-corrected chi connectivity index (χ4v) is 10.2. The van der Waals surface area contributed by atoms with Crippen LogP contribution in [0.5, 0.6) is 5.75 Å². The maximum atomic E-state index is 15.2. The SMILES string of the molecule is O=C(CCOc1ccc(-c2ccc(C(F)(F)F)cc2)cc1)c1ccc(C(P2(=O)OCCCO2)P2(=O)OCCCO2)cc1F. The molecule has 0 aromatic heterocycles. The first kappa shape index (κ1) is 31.6. The molecule has 14 heteroatoms. The molecule has 2 fully saturated rings. The molecule has 0 radical (unpaired) electrons. The Morgan fingerprint density at radius 3 is 1.79 bits per heavy atom. The summed E-state index contributed by atoms with van der Waals surface area (Å²) in [6.07, 6.45) is -3.62. The number of rotatable bonds is 9. The van der Waals surface area contributed by atoms with Crippen LogP contribution in [0.4, 0.5) is 17.6 Å². The maximum Gasteiger partial charge on any atom is 0.416 e. The van der Waals surface area contributed by atoms with Crippen LogP contribution in [0.15, 0.2) is 66.7 Å². The van der Waals surface area contributed by atoms with Crippen molar-refractivity contribution in [2.75, 3.05) is 33.0 Å². The minimum Gasteiger partial charge on any atom is -0.493 e. The van der Waals surface area contributed by atoms with Gasteiger partial charge in [-0.2, -0.15) is 13.2 Å². The number of ketones is 1. The molecule has 0 saturated carbocycles. The first-order chi connectivity index (χ1) is 20.5. The maximum absolute atomic E-state index is 15.2. The van der Waals surface area contributed by atoms with E-state index in [1.807, 2.05) is 0 Å². The van der Waals surface area contributed by atoms with Crippen LogP contribution >= 0.6 is 15.2 Å². The zero-order chi connectivity index (χ0) is 30.7. The van der Waals surface area contributed by atoms with Crippen LogP contribution < -0.4 is 4.74 Å². The number of ether oxygens (including phenoxy) is 1. The normalized spacial score (nSPS) is 18.3. The molecule has 5 rings (SSSR count). The summed E-state index contributed by atoms with van der Waals surface area (Å²) in [6, 6.07) is 14.9. The van der Waals surface area contributed by atoms with Gasteiger partial charge in [0.25, 0.3) is 0 Å². The Balaban J connectivity index is 1.23. The van der Waals surface area contributed by atoms with Gasteiger partial charge in [0, 0.05) is 6.42 Å². The quantitative estimate of drug-likeness (QED) is 0.130. The summed E-state index contributed by atoms with van der Waals surface area (Å²) in [5.74, 6) is -1.06. The highest BCUT2D eigenvalue weighted by atomic mass is 31.2. The van der Waals surface area contributed by atoms with Crippen LogP contribution in [0.1, 0.15) is 46.1 Å². The average Bonchev–Trinajstić information content (AvgIpc) is 2.98. The monoisotopic (exact) mass is 642 g/mol. The molecule has 3 aromatic rings. The average molecular weight is 642 g/mol. The van der Waals surface area contributed by atoms with E-state index in [4.69, 9.17) is 22.8 Å². The van der Waals surface area contributed by atoms with Crippen molar-refractivity contribution < 1.29 is 54.3 Å². The highest BCUT2D eigenvalue weighted by molar-refractivity contribution is 7.72. The highest BCUT2D eigenvalue weighted by Crippen LogP contribution is 2.79. The van der Waals surface area contributed by atoms with Crippen molar-refractivity contribution in [2.24, 2.45) is 0 Å². The molecule has 43 heavy (non-hydrogen) atoms. The molecule has 2 saturated heterocycles. The standard InChI is InChI=1S/C29H28F4O8P2/c30-26-19-22(28(42(35)38-14-1-15-39-42)43(36)40-16-2-17-41-43)7-12-25(26)27(34)13-18-37-24-10-5-21(6-11-24)20-3-8-23(9-4-20)29(31,32)33/h3-12,19,28H,1-2,13-18H2. The molecule has 0 atom stereocenters. The second-order valence-electron chi connectivity index (χ2n) is 9.85. The Kier molecular flexibility index (Phi) is 9.56. The molecular weight excluding hydrogens is 614 g/mol. The summed E-state index contributed by atoms with van der Waals surface area (Å²) in [7, 11) is -8.10. The van der Waals surface area contributed by atoms with Crippen molar-refractivity contribution >= 4 is 21.0 Å². The van der Waals surface area contributed by atoms with Crippen molar-refractivity contribution in [3.8, 4) is 16.9 Å². The number of carbonyl (C=O) groups excluding carboxylic acids is 1. The van der Waals surface area contributed by atoms with E-state index in [1.54, 1.807) is 24.3 Å². The van der Waals surface area contributed by atoms with Gasteiger partial charge < -0.3 is 22.8 Å². The van der Waals surface area contributed by atoms with E-state index in [2.05, 4.69) is 0 Å². The molecule has 0 unspecified atom stereocenters. The molecule has 2 heterocycles. The smallest absolute Gasteiger partial charge is 0.416 e. The summed E-state index contributed by atoms with van der Waals surface area (Å²) in [5, 5.41) is -1.51. The Bertz CT molecular complexity index is 1490. The molecule has 2 aliphatic heterocycles. The van der Waals surface area contributed by atoms with E-state index >= 15 is 4.39 Å². The van der Waals surface area contributed by atoms with Crippen molar-refractivity contribution in [2.45, 2.75) is 30.8 Å². The fourth-order valence-electron chi connectivity index (χ4n) is 4.69. The Hall–Kier alpha value is -2.85. The van der Waals surface area contributed by atoms with E-state index in [1.165, 1.54) is 24.3 Å². The second-order valence-corrected chi connectivity index (χ2v) is 14.5. The van der Waals surface area contributed by atoms with Crippen LogP contribution in [0.2, 0.25) is 0 Å². The lowest BCUT2D eigenvalue weighted by Crippen LogP contribution is -2.19. The van der Waals surface area contributed by atoms with Crippen LogP contribution in [-0.4, -0.2) is 38.8 Å². The molecular formula is C29H28F4O8P2. The number of hydrogen-bond donors (Lipinski definition) is 0. The summed E-state index contributed by atoms with van der Waals surface area (Å²) in [4.78, 5) is 12.8.